The van der Waals surface area contributed by atoms with E-state index in [1.54, 1.807) is 0 Å². The van der Waals surface area contributed by atoms with Gasteiger partial charge >= 0.3 is 5.63 Å². The molecule has 0 aliphatic rings. The lowest BCUT2D eigenvalue weighted by Crippen LogP contribution is -2.04. The normalized spacial score (nSPS) is 10.8. The molecule has 0 fully saturated rings. The van der Waals surface area contributed by atoms with E-state index in [-0.39, 0.29) is 10.6 Å². The van der Waals surface area contributed by atoms with Crippen molar-refractivity contribution < 1.29 is 9.52 Å². The maximum atomic E-state index is 12.3. The molecule has 0 aliphatic heterocycles. The molecular weight excluding hydrogens is 320 g/mol. The monoisotopic (exact) mass is 338 g/mol. The van der Waals surface area contributed by atoms with E-state index < -0.39 is 5.63 Å². The van der Waals surface area contributed by atoms with Gasteiger partial charge in [0.25, 0.3) is 0 Å². The van der Waals surface area contributed by atoms with Gasteiger partial charge in [0.1, 0.15) is 16.4 Å². The predicted molar refractivity (Wildman–Crippen MR) is 97.6 cm³/mol. The van der Waals surface area contributed by atoms with Gasteiger partial charge in [0.05, 0.1) is 0 Å². The Labute approximate surface area is 145 Å². The SMILES string of the molecule is Cc1cccc(C)c1-c1cc(O)c(SCc2ccccc2)c(=O)o1. The molecule has 0 saturated carbocycles. The van der Waals surface area contributed by atoms with Crippen LogP contribution in [-0.2, 0) is 5.75 Å². The molecule has 1 heterocycles. The van der Waals surface area contributed by atoms with Crippen molar-refractivity contribution >= 4 is 11.8 Å². The van der Waals surface area contributed by atoms with Crippen molar-refractivity contribution in [1.82, 2.24) is 0 Å². The fourth-order valence-corrected chi connectivity index (χ4v) is 3.53. The molecule has 0 saturated heterocycles. The van der Waals surface area contributed by atoms with Crippen LogP contribution in [-0.4, -0.2) is 5.11 Å². The van der Waals surface area contributed by atoms with Crippen LogP contribution in [0.4, 0.5) is 0 Å². The minimum atomic E-state index is -0.506. The summed E-state index contributed by atoms with van der Waals surface area (Å²) in [5.74, 6) is 0.962. The van der Waals surface area contributed by atoms with Crippen molar-refractivity contribution in [2.45, 2.75) is 24.5 Å². The summed E-state index contributed by atoms with van der Waals surface area (Å²) >= 11 is 1.28. The third-order valence-electron chi connectivity index (χ3n) is 3.84. The zero-order valence-corrected chi connectivity index (χ0v) is 14.4. The van der Waals surface area contributed by atoms with Gasteiger partial charge in [-0.25, -0.2) is 4.79 Å². The lowest BCUT2D eigenvalue weighted by molar-refractivity contribution is 0.430. The Kier molecular flexibility index (Phi) is 4.76. The maximum Gasteiger partial charge on any atom is 0.353 e. The molecule has 0 spiro atoms. The summed E-state index contributed by atoms with van der Waals surface area (Å²) in [6, 6.07) is 17.2. The zero-order valence-electron chi connectivity index (χ0n) is 13.6. The van der Waals surface area contributed by atoms with Crippen LogP contribution in [0.25, 0.3) is 11.3 Å². The molecule has 2 aromatic carbocycles. The zero-order chi connectivity index (χ0) is 17.1. The highest BCUT2D eigenvalue weighted by Crippen LogP contribution is 2.33. The Balaban J connectivity index is 1.93. The molecule has 0 radical (unpaired) electrons. The molecule has 0 unspecified atom stereocenters. The molecule has 0 aliphatic carbocycles. The number of hydrogen-bond donors (Lipinski definition) is 1. The van der Waals surface area contributed by atoms with E-state index in [0.29, 0.717) is 11.5 Å². The largest absolute Gasteiger partial charge is 0.506 e. The van der Waals surface area contributed by atoms with Crippen molar-refractivity contribution in [3.05, 3.63) is 81.7 Å². The van der Waals surface area contributed by atoms with Crippen molar-refractivity contribution in [2.24, 2.45) is 0 Å². The van der Waals surface area contributed by atoms with Gasteiger partial charge in [-0.1, -0.05) is 48.5 Å². The highest BCUT2D eigenvalue weighted by molar-refractivity contribution is 7.98. The summed E-state index contributed by atoms with van der Waals surface area (Å²) in [7, 11) is 0. The van der Waals surface area contributed by atoms with Crippen LogP contribution < -0.4 is 5.63 Å². The number of aromatic hydroxyl groups is 1. The minimum absolute atomic E-state index is 0.0372. The van der Waals surface area contributed by atoms with Crippen LogP contribution in [0.3, 0.4) is 0 Å². The Morgan fingerprint density at radius 1 is 1.00 bits per heavy atom. The van der Waals surface area contributed by atoms with Crippen molar-refractivity contribution in [2.75, 3.05) is 0 Å². The number of thioether (sulfide) groups is 1. The number of hydrogen-bond acceptors (Lipinski definition) is 4. The van der Waals surface area contributed by atoms with Gasteiger partial charge in [-0.3, -0.25) is 0 Å². The van der Waals surface area contributed by atoms with Gasteiger partial charge in [0.2, 0.25) is 0 Å². The molecule has 3 aromatic rings. The molecular formula is C20H18O3S. The van der Waals surface area contributed by atoms with E-state index in [1.807, 2.05) is 62.4 Å². The average molecular weight is 338 g/mol. The lowest BCUT2D eigenvalue weighted by atomic mass is 10.0. The van der Waals surface area contributed by atoms with Crippen LogP contribution >= 0.6 is 11.8 Å². The molecule has 122 valence electrons. The second-order valence-corrected chi connectivity index (χ2v) is 6.64. The molecule has 3 nitrogen and oxygen atoms in total. The first kappa shape index (κ1) is 16.4. The van der Waals surface area contributed by atoms with Gasteiger partial charge in [-0.2, -0.15) is 0 Å². The fourth-order valence-electron chi connectivity index (χ4n) is 2.66. The number of rotatable bonds is 4. The highest BCUT2D eigenvalue weighted by atomic mass is 32.2. The molecule has 0 bridgehead atoms. The van der Waals surface area contributed by atoms with E-state index in [2.05, 4.69) is 0 Å². The van der Waals surface area contributed by atoms with Gasteiger partial charge in [0.15, 0.2) is 0 Å². The molecule has 1 N–H and O–H groups in total. The summed E-state index contributed by atoms with van der Waals surface area (Å²) in [5.41, 5.74) is 3.43. The standard InChI is InChI=1S/C20H18O3S/c1-13-7-6-8-14(2)18(13)17-11-16(21)19(20(22)23-17)24-12-15-9-4-3-5-10-15/h3-11,21H,12H2,1-2H3. The van der Waals surface area contributed by atoms with E-state index >= 15 is 0 Å². The summed E-state index contributed by atoms with van der Waals surface area (Å²) in [6.07, 6.45) is 0. The van der Waals surface area contributed by atoms with Crippen molar-refractivity contribution in [3.8, 4) is 17.1 Å². The van der Waals surface area contributed by atoms with Crippen molar-refractivity contribution in [1.29, 1.82) is 0 Å². The quantitative estimate of drug-likeness (QED) is 0.686. The summed E-state index contributed by atoms with van der Waals surface area (Å²) in [6.45, 7) is 3.91. The van der Waals surface area contributed by atoms with E-state index in [0.717, 1.165) is 22.3 Å². The number of benzene rings is 2. The fraction of sp³-hybridized carbons (Fsp3) is 0.150. The molecule has 4 heteroatoms. The minimum Gasteiger partial charge on any atom is -0.506 e. The maximum absolute atomic E-state index is 12.3. The van der Waals surface area contributed by atoms with Crippen LogP contribution in [0.2, 0.25) is 0 Å². The Bertz CT molecular complexity index is 894. The van der Waals surface area contributed by atoms with Crippen LogP contribution in [0.5, 0.6) is 5.75 Å². The highest BCUT2D eigenvalue weighted by Gasteiger charge is 2.15. The summed E-state index contributed by atoms with van der Waals surface area (Å²) in [5, 5.41) is 10.3. The Hall–Kier alpha value is -2.46. The van der Waals surface area contributed by atoms with Crippen LogP contribution in [0.15, 0.2) is 68.7 Å². The Morgan fingerprint density at radius 3 is 2.29 bits per heavy atom. The first-order valence-corrected chi connectivity index (χ1v) is 8.65. The molecule has 1 aromatic heterocycles. The van der Waals surface area contributed by atoms with E-state index in [9.17, 15) is 9.90 Å². The van der Waals surface area contributed by atoms with Crippen LogP contribution in [0, 0.1) is 13.8 Å². The van der Waals surface area contributed by atoms with Crippen molar-refractivity contribution in [3.63, 3.8) is 0 Å². The smallest absolute Gasteiger partial charge is 0.353 e. The topological polar surface area (TPSA) is 50.4 Å². The number of aryl methyl sites for hydroxylation is 2. The second-order valence-electron chi connectivity index (χ2n) is 5.65. The molecule has 0 amide bonds. The average Bonchev–Trinajstić information content (AvgIpc) is 2.55. The van der Waals surface area contributed by atoms with Gasteiger partial charge in [-0.15, -0.1) is 11.8 Å². The second kappa shape index (κ2) is 6.97. The predicted octanol–water partition coefficient (Wildman–Crippen LogP) is 4.92. The molecule has 3 rings (SSSR count). The first-order valence-electron chi connectivity index (χ1n) is 7.66. The van der Waals surface area contributed by atoms with Crippen LogP contribution in [0.1, 0.15) is 16.7 Å². The third kappa shape index (κ3) is 3.39. The third-order valence-corrected chi connectivity index (χ3v) is 4.98. The van der Waals surface area contributed by atoms with Gasteiger partial charge in [-0.05, 0) is 30.5 Å². The van der Waals surface area contributed by atoms with E-state index in [1.165, 1.54) is 17.8 Å². The van der Waals surface area contributed by atoms with Gasteiger partial charge in [0, 0.05) is 17.4 Å². The van der Waals surface area contributed by atoms with E-state index in [4.69, 9.17) is 4.42 Å². The van der Waals surface area contributed by atoms with Gasteiger partial charge < -0.3 is 9.52 Å². The first-order chi connectivity index (χ1) is 11.6. The summed E-state index contributed by atoms with van der Waals surface area (Å²) in [4.78, 5) is 12.6. The Morgan fingerprint density at radius 2 is 1.67 bits per heavy atom. The molecule has 24 heavy (non-hydrogen) atoms. The molecule has 0 atom stereocenters. The summed E-state index contributed by atoms with van der Waals surface area (Å²) < 4.78 is 5.49. The lowest BCUT2D eigenvalue weighted by Gasteiger charge is -2.10.